The van der Waals surface area contributed by atoms with Gasteiger partial charge in [-0.15, -0.1) is 0 Å². The van der Waals surface area contributed by atoms with Crippen molar-refractivity contribution in [2.45, 2.75) is 57.0 Å². The van der Waals surface area contributed by atoms with Crippen LogP contribution in [0.3, 0.4) is 0 Å². The van der Waals surface area contributed by atoms with Crippen molar-refractivity contribution in [3.63, 3.8) is 0 Å². The van der Waals surface area contributed by atoms with Gasteiger partial charge in [-0.05, 0) is 55.6 Å². The number of halogens is 1. The lowest BCUT2D eigenvalue weighted by Gasteiger charge is -2.38. The molecular weight excluding hydrogens is 286 g/mol. The van der Waals surface area contributed by atoms with Crippen LogP contribution in [0, 0.1) is 5.92 Å². The first-order valence-electron chi connectivity index (χ1n) is 7.23. The van der Waals surface area contributed by atoms with Gasteiger partial charge in [0.25, 0.3) is 0 Å². The maximum atomic E-state index is 3.85. The van der Waals surface area contributed by atoms with Crippen molar-refractivity contribution in [3.05, 3.63) is 34.3 Å². The molecule has 2 atom stereocenters. The monoisotopic (exact) mass is 307 g/mol. The van der Waals surface area contributed by atoms with Crippen LogP contribution in [0.25, 0.3) is 0 Å². The zero-order valence-corrected chi connectivity index (χ0v) is 12.6. The van der Waals surface area contributed by atoms with E-state index in [0.29, 0.717) is 0 Å². The molecule has 18 heavy (non-hydrogen) atoms. The fraction of sp³-hybridized carbons (Fsp3) is 0.625. The number of nitrogens with one attached hydrogen (secondary N) is 1. The van der Waals surface area contributed by atoms with Crippen LogP contribution in [0.5, 0.6) is 0 Å². The Hall–Kier alpha value is -0.340. The Bertz CT molecular complexity index is 411. The van der Waals surface area contributed by atoms with Gasteiger partial charge in [-0.1, -0.05) is 41.1 Å². The van der Waals surface area contributed by atoms with Crippen LogP contribution in [0.4, 0.5) is 0 Å². The number of benzene rings is 1. The van der Waals surface area contributed by atoms with Gasteiger partial charge in [0.2, 0.25) is 0 Å². The molecule has 0 radical (unpaired) electrons. The molecule has 1 aromatic carbocycles. The fourth-order valence-electron chi connectivity index (χ4n) is 3.51. The van der Waals surface area contributed by atoms with Crippen LogP contribution >= 0.6 is 15.9 Å². The lowest BCUT2D eigenvalue weighted by atomic mass is 9.75. The highest BCUT2D eigenvalue weighted by molar-refractivity contribution is 9.10. The van der Waals surface area contributed by atoms with Crippen molar-refractivity contribution < 1.29 is 0 Å². The maximum Gasteiger partial charge on any atom is 0.0210 e. The van der Waals surface area contributed by atoms with Gasteiger partial charge < -0.3 is 5.32 Å². The van der Waals surface area contributed by atoms with E-state index in [2.05, 4.69) is 52.4 Å². The molecule has 2 saturated carbocycles. The van der Waals surface area contributed by atoms with Gasteiger partial charge in [0.05, 0.1) is 0 Å². The second kappa shape index (κ2) is 5.34. The molecular formula is C16H22BrN. The van der Waals surface area contributed by atoms with Gasteiger partial charge in [-0.3, -0.25) is 0 Å². The largest absolute Gasteiger partial charge is 0.311 e. The molecule has 2 heteroatoms. The summed E-state index contributed by atoms with van der Waals surface area (Å²) in [4.78, 5) is 0. The lowest BCUT2D eigenvalue weighted by Crippen LogP contribution is -2.44. The quantitative estimate of drug-likeness (QED) is 0.868. The van der Waals surface area contributed by atoms with Crippen molar-refractivity contribution in [1.82, 2.24) is 5.32 Å². The number of hydrogen-bond donors (Lipinski definition) is 1. The molecule has 0 amide bonds. The van der Waals surface area contributed by atoms with Crippen LogP contribution in [0.15, 0.2) is 28.7 Å². The summed E-state index contributed by atoms with van der Waals surface area (Å²) < 4.78 is 1.28. The summed E-state index contributed by atoms with van der Waals surface area (Å²) in [6.45, 7) is 2.38. The van der Waals surface area contributed by atoms with Gasteiger partial charge in [0.1, 0.15) is 0 Å². The van der Waals surface area contributed by atoms with Crippen LogP contribution in [0.1, 0.15) is 50.5 Å². The van der Waals surface area contributed by atoms with Crippen LogP contribution < -0.4 is 5.32 Å². The van der Waals surface area contributed by atoms with E-state index < -0.39 is 0 Å². The SMILES string of the molecule is CC1CCC(NC2CC(c3ccccc3Br)C2)C1. The lowest BCUT2D eigenvalue weighted by molar-refractivity contribution is 0.263. The van der Waals surface area contributed by atoms with Gasteiger partial charge >= 0.3 is 0 Å². The van der Waals surface area contributed by atoms with Gasteiger partial charge in [0, 0.05) is 16.6 Å². The Morgan fingerprint density at radius 1 is 1.06 bits per heavy atom. The normalized spacial score (nSPS) is 35.4. The highest BCUT2D eigenvalue weighted by atomic mass is 79.9. The van der Waals surface area contributed by atoms with Crippen LogP contribution in [-0.2, 0) is 0 Å². The van der Waals surface area contributed by atoms with E-state index in [9.17, 15) is 0 Å². The second-order valence-corrected chi connectivity index (χ2v) is 7.02. The molecule has 2 unspecified atom stereocenters. The highest BCUT2D eigenvalue weighted by Gasteiger charge is 2.33. The molecule has 0 aromatic heterocycles. The summed E-state index contributed by atoms with van der Waals surface area (Å²) in [7, 11) is 0. The molecule has 98 valence electrons. The van der Waals surface area contributed by atoms with Gasteiger partial charge in [-0.25, -0.2) is 0 Å². The van der Waals surface area contributed by atoms with Crippen LogP contribution in [-0.4, -0.2) is 12.1 Å². The average Bonchev–Trinajstić information content (AvgIpc) is 2.70. The first-order chi connectivity index (χ1) is 8.72. The van der Waals surface area contributed by atoms with Crippen molar-refractivity contribution in [2.75, 3.05) is 0 Å². The Kier molecular flexibility index (Phi) is 3.76. The summed E-state index contributed by atoms with van der Waals surface area (Å²) in [5, 5.41) is 3.85. The first kappa shape index (κ1) is 12.7. The molecule has 1 N–H and O–H groups in total. The highest BCUT2D eigenvalue weighted by Crippen LogP contribution is 2.40. The summed E-state index contributed by atoms with van der Waals surface area (Å²) in [5.41, 5.74) is 1.50. The molecule has 0 saturated heterocycles. The predicted octanol–water partition coefficient (Wildman–Crippen LogP) is 4.47. The molecule has 0 bridgehead atoms. The zero-order chi connectivity index (χ0) is 12.5. The average molecular weight is 308 g/mol. The number of hydrogen-bond acceptors (Lipinski definition) is 1. The smallest absolute Gasteiger partial charge is 0.0210 e. The number of rotatable bonds is 3. The molecule has 0 spiro atoms. The molecule has 1 aromatic rings. The molecule has 0 heterocycles. The van der Waals surface area contributed by atoms with Crippen molar-refractivity contribution in [2.24, 2.45) is 5.92 Å². The predicted molar refractivity (Wildman–Crippen MR) is 79.8 cm³/mol. The Morgan fingerprint density at radius 3 is 2.50 bits per heavy atom. The summed E-state index contributed by atoms with van der Waals surface area (Å²) in [6, 6.07) is 10.2. The molecule has 2 aliphatic rings. The van der Waals surface area contributed by atoms with E-state index in [1.807, 2.05) is 0 Å². The van der Waals surface area contributed by atoms with E-state index in [1.54, 1.807) is 0 Å². The van der Waals surface area contributed by atoms with E-state index in [1.165, 1.54) is 42.1 Å². The minimum absolute atomic E-state index is 0.761. The summed E-state index contributed by atoms with van der Waals surface area (Å²) in [5.74, 6) is 1.69. The van der Waals surface area contributed by atoms with E-state index in [4.69, 9.17) is 0 Å². The minimum Gasteiger partial charge on any atom is -0.311 e. The Balaban J connectivity index is 1.50. The van der Waals surface area contributed by atoms with Gasteiger partial charge in [-0.2, -0.15) is 0 Å². The van der Waals surface area contributed by atoms with E-state index in [-0.39, 0.29) is 0 Å². The maximum absolute atomic E-state index is 3.85. The standard InChI is InChI=1S/C16H22BrN/c1-11-6-7-13(8-11)18-14-9-12(10-14)15-4-2-3-5-16(15)17/h2-5,11-14,18H,6-10H2,1H3. The topological polar surface area (TPSA) is 12.0 Å². The zero-order valence-electron chi connectivity index (χ0n) is 11.0. The van der Waals surface area contributed by atoms with E-state index in [0.717, 1.165) is 23.9 Å². The first-order valence-corrected chi connectivity index (χ1v) is 8.02. The molecule has 2 fully saturated rings. The third-order valence-corrected chi connectivity index (χ3v) is 5.37. The van der Waals surface area contributed by atoms with Crippen molar-refractivity contribution >= 4 is 15.9 Å². The third-order valence-electron chi connectivity index (χ3n) is 4.65. The fourth-order valence-corrected chi connectivity index (χ4v) is 4.11. The summed E-state index contributed by atoms with van der Waals surface area (Å²) in [6.07, 6.45) is 6.81. The van der Waals surface area contributed by atoms with E-state index >= 15 is 0 Å². The molecule has 2 aliphatic carbocycles. The van der Waals surface area contributed by atoms with Crippen molar-refractivity contribution in [1.29, 1.82) is 0 Å². The molecule has 3 rings (SSSR count). The van der Waals surface area contributed by atoms with Crippen LogP contribution in [0.2, 0.25) is 0 Å². The second-order valence-electron chi connectivity index (χ2n) is 6.17. The Morgan fingerprint density at radius 2 is 1.83 bits per heavy atom. The molecule has 0 aliphatic heterocycles. The van der Waals surface area contributed by atoms with Gasteiger partial charge in [0.15, 0.2) is 0 Å². The van der Waals surface area contributed by atoms with Crippen molar-refractivity contribution in [3.8, 4) is 0 Å². The molecule has 1 nitrogen and oxygen atoms in total. The summed E-state index contributed by atoms with van der Waals surface area (Å²) >= 11 is 3.67. The minimum atomic E-state index is 0.761. The third kappa shape index (κ3) is 2.65. The Labute approximate surface area is 118 Å².